The van der Waals surface area contributed by atoms with Crippen molar-refractivity contribution in [3.05, 3.63) is 54.1 Å². The summed E-state index contributed by atoms with van der Waals surface area (Å²) in [6, 6.07) is 4.90. The molecule has 5 atom stereocenters. The van der Waals surface area contributed by atoms with Crippen LogP contribution >= 0.6 is 0 Å². The van der Waals surface area contributed by atoms with Crippen molar-refractivity contribution in [3.63, 3.8) is 0 Å². The number of nitrogens with zero attached hydrogens (tertiary/aromatic N) is 1. The summed E-state index contributed by atoms with van der Waals surface area (Å²) in [6.45, 7) is 4.11. The Bertz CT molecular complexity index is 1050. The lowest BCUT2D eigenvalue weighted by Gasteiger charge is -2.28. The van der Waals surface area contributed by atoms with Gasteiger partial charge in [0.2, 0.25) is 17.7 Å². The smallest absolute Gasteiger partial charge is 0.326 e. The van der Waals surface area contributed by atoms with Crippen LogP contribution in [-0.4, -0.2) is 69.5 Å². The Morgan fingerprint density at radius 2 is 1.67 bits per heavy atom. The first-order valence-electron chi connectivity index (χ1n) is 13.3. The van der Waals surface area contributed by atoms with Gasteiger partial charge in [0.05, 0.1) is 12.4 Å². The lowest BCUT2D eigenvalue weighted by Crippen LogP contribution is -2.59. The molecular formula is C27H41N7O5. The summed E-state index contributed by atoms with van der Waals surface area (Å²) in [6.07, 6.45) is 5.36. The molecule has 5 unspecified atom stereocenters. The number of H-pyrrole nitrogens is 1. The zero-order chi connectivity index (χ0) is 28.8. The number of nitrogens with two attached hydrogens (primary N) is 2. The van der Waals surface area contributed by atoms with E-state index in [1.807, 2.05) is 19.9 Å². The third-order valence-electron chi connectivity index (χ3n) is 6.60. The molecule has 0 aliphatic carbocycles. The second-order valence-corrected chi connectivity index (χ2v) is 9.69. The molecule has 3 amide bonds. The number of benzene rings is 1. The second-order valence-electron chi connectivity index (χ2n) is 9.69. The first kappa shape index (κ1) is 31.4. The Labute approximate surface area is 228 Å². The Hall–Kier alpha value is -3.77. The number of carbonyl (C=O) groups excluding carboxylic acids is 3. The number of rotatable bonds is 17. The van der Waals surface area contributed by atoms with Gasteiger partial charge in [-0.15, -0.1) is 0 Å². The molecule has 0 bridgehead atoms. The van der Waals surface area contributed by atoms with E-state index in [2.05, 4.69) is 25.9 Å². The molecule has 2 rings (SSSR count). The molecule has 0 aliphatic rings. The first-order chi connectivity index (χ1) is 18.7. The zero-order valence-corrected chi connectivity index (χ0v) is 22.6. The maximum atomic E-state index is 13.4. The molecule has 0 fully saturated rings. The van der Waals surface area contributed by atoms with Crippen LogP contribution in [0.1, 0.15) is 50.8 Å². The Kier molecular flexibility index (Phi) is 13.1. The summed E-state index contributed by atoms with van der Waals surface area (Å²) in [5, 5.41) is 17.7. The van der Waals surface area contributed by atoms with Gasteiger partial charge in [-0.1, -0.05) is 50.6 Å². The predicted octanol–water partition coefficient (Wildman–Crippen LogP) is 0.236. The number of amides is 3. The van der Waals surface area contributed by atoms with Crippen molar-refractivity contribution in [1.82, 2.24) is 25.9 Å². The van der Waals surface area contributed by atoms with E-state index in [0.29, 0.717) is 31.5 Å². The average Bonchev–Trinajstić information content (AvgIpc) is 3.43. The van der Waals surface area contributed by atoms with Crippen LogP contribution in [0.3, 0.4) is 0 Å². The molecule has 2 aromatic rings. The van der Waals surface area contributed by atoms with Gasteiger partial charge in [-0.2, -0.15) is 0 Å². The number of imidazole rings is 1. The average molecular weight is 544 g/mol. The SMILES string of the molecule is CCC(C)C(NC(=O)C(N)Cc1cnc[nH]1)C(=O)NC(CCCCN)C(=O)NC(Cc1ccccc1)C(=O)O. The molecule has 0 radical (unpaired) electrons. The number of unbranched alkanes of at least 4 members (excludes halogenated alkanes) is 1. The summed E-state index contributed by atoms with van der Waals surface area (Å²) >= 11 is 0. The lowest BCUT2D eigenvalue weighted by atomic mass is 9.96. The predicted molar refractivity (Wildman–Crippen MR) is 146 cm³/mol. The van der Waals surface area contributed by atoms with Gasteiger partial charge in [-0.05, 0) is 37.3 Å². The summed E-state index contributed by atoms with van der Waals surface area (Å²) < 4.78 is 0. The number of carbonyl (C=O) groups is 4. The molecule has 9 N–H and O–H groups in total. The summed E-state index contributed by atoms with van der Waals surface area (Å²) in [4.78, 5) is 58.1. The van der Waals surface area contributed by atoms with Crippen LogP contribution in [0.15, 0.2) is 42.9 Å². The number of carboxylic acid groups (broad SMARTS) is 1. The Balaban J connectivity index is 2.13. The number of hydrogen-bond acceptors (Lipinski definition) is 7. The van der Waals surface area contributed by atoms with Gasteiger partial charge in [0.15, 0.2) is 0 Å². The van der Waals surface area contributed by atoms with Crippen LogP contribution in [0.25, 0.3) is 0 Å². The van der Waals surface area contributed by atoms with Crippen molar-refractivity contribution in [2.45, 2.75) is 76.5 Å². The maximum Gasteiger partial charge on any atom is 0.326 e. The third-order valence-corrected chi connectivity index (χ3v) is 6.60. The largest absolute Gasteiger partial charge is 0.480 e. The van der Waals surface area contributed by atoms with Crippen LogP contribution in [0.4, 0.5) is 0 Å². The highest BCUT2D eigenvalue weighted by molar-refractivity contribution is 5.94. The van der Waals surface area contributed by atoms with Gasteiger partial charge < -0.3 is 37.5 Å². The van der Waals surface area contributed by atoms with Crippen LogP contribution in [0, 0.1) is 5.92 Å². The lowest BCUT2D eigenvalue weighted by molar-refractivity contribution is -0.142. The second kappa shape index (κ2) is 16.2. The van der Waals surface area contributed by atoms with Crippen molar-refractivity contribution in [1.29, 1.82) is 0 Å². The molecule has 0 aliphatic heterocycles. The van der Waals surface area contributed by atoms with E-state index in [9.17, 15) is 24.3 Å². The molecule has 12 heteroatoms. The van der Waals surface area contributed by atoms with Crippen molar-refractivity contribution in [2.24, 2.45) is 17.4 Å². The van der Waals surface area contributed by atoms with Gasteiger partial charge in [-0.3, -0.25) is 14.4 Å². The Morgan fingerprint density at radius 3 is 2.26 bits per heavy atom. The molecule has 0 spiro atoms. The highest BCUT2D eigenvalue weighted by atomic mass is 16.4. The van der Waals surface area contributed by atoms with Crippen LogP contribution in [-0.2, 0) is 32.0 Å². The molecule has 1 heterocycles. The van der Waals surface area contributed by atoms with Gasteiger partial charge in [0.1, 0.15) is 18.1 Å². The van der Waals surface area contributed by atoms with Crippen LogP contribution < -0.4 is 27.4 Å². The van der Waals surface area contributed by atoms with E-state index in [4.69, 9.17) is 11.5 Å². The number of nitrogens with one attached hydrogen (secondary N) is 4. The highest BCUT2D eigenvalue weighted by Gasteiger charge is 2.32. The normalized spacial score (nSPS) is 14.9. The van der Waals surface area contributed by atoms with Gasteiger partial charge in [0.25, 0.3) is 0 Å². The van der Waals surface area contributed by atoms with E-state index in [0.717, 1.165) is 5.56 Å². The van der Waals surface area contributed by atoms with Crippen molar-refractivity contribution >= 4 is 23.7 Å². The minimum absolute atomic E-state index is 0.0884. The molecule has 39 heavy (non-hydrogen) atoms. The maximum absolute atomic E-state index is 13.4. The van der Waals surface area contributed by atoms with E-state index in [-0.39, 0.29) is 25.2 Å². The van der Waals surface area contributed by atoms with Crippen LogP contribution in [0.2, 0.25) is 0 Å². The van der Waals surface area contributed by atoms with E-state index in [1.54, 1.807) is 30.5 Å². The number of aromatic nitrogens is 2. The first-order valence-corrected chi connectivity index (χ1v) is 13.3. The molecule has 1 aromatic heterocycles. The minimum atomic E-state index is -1.18. The molecule has 12 nitrogen and oxygen atoms in total. The van der Waals surface area contributed by atoms with Gasteiger partial charge in [-0.25, -0.2) is 9.78 Å². The van der Waals surface area contributed by atoms with E-state index >= 15 is 0 Å². The summed E-state index contributed by atoms with van der Waals surface area (Å²) in [5.74, 6) is -3.12. The highest BCUT2D eigenvalue weighted by Crippen LogP contribution is 2.11. The third kappa shape index (κ3) is 10.5. The van der Waals surface area contributed by atoms with Crippen LogP contribution in [0.5, 0.6) is 0 Å². The van der Waals surface area contributed by atoms with E-state index < -0.39 is 47.9 Å². The van der Waals surface area contributed by atoms with Crippen molar-refractivity contribution in [3.8, 4) is 0 Å². The monoisotopic (exact) mass is 543 g/mol. The standard InChI is InChI=1S/C27H41N7O5/c1-3-17(2)23(34-24(35)20(29)14-19-15-30-16-31-19)26(37)32-21(11-7-8-12-28)25(36)33-22(27(38)39)13-18-9-5-4-6-10-18/h4-6,9-10,15-17,20-23H,3,7-8,11-14,28-29H2,1-2H3,(H,30,31)(H,32,37)(H,33,36)(H,34,35)(H,38,39). The van der Waals surface area contributed by atoms with Gasteiger partial charge in [0, 0.05) is 24.7 Å². The molecule has 0 saturated carbocycles. The van der Waals surface area contributed by atoms with Gasteiger partial charge >= 0.3 is 5.97 Å². The summed E-state index contributed by atoms with van der Waals surface area (Å²) in [5.41, 5.74) is 13.1. The zero-order valence-electron chi connectivity index (χ0n) is 22.6. The summed E-state index contributed by atoms with van der Waals surface area (Å²) in [7, 11) is 0. The number of aliphatic carboxylic acids is 1. The minimum Gasteiger partial charge on any atom is -0.480 e. The fourth-order valence-corrected chi connectivity index (χ4v) is 4.03. The topological polar surface area (TPSA) is 205 Å². The van der Waals surface area contributed by atoms with Crippen molar-refractivity contribution in [2.75, 3.05) is 6.54 Å². The molecule has 0 saturated heterocycles. The molecular weight excluding hydrogens is 502 g/mol. The quantitative estimate of drug-likeness (QED) is 0.137. The Morgan fingerprint density at radius 1 is 0.974 bits per heavy atom. The number of aromatic amines is 1. The fourth-order valence-electron chi connectivity index (χ4n) is 4.03. The fraction of sp³-hybridized carbons (Fsp3) is 0.519. The van der Waals surface area contributed by atoms with Crippen molar-refractivity contribution < 1.29 is 24.3 Å². The molecule has 1 aromatic carbocycles. The van der Waals surface area contributed by atoms with E-state index in [1.165, 1.54) is 6.33 Å². The number of hydrogen-bond donors (Lipinski definition) is 7. The molecule has 214 valence electrons. The number of carboxylic acids is 1.